The minimum atomic E-state index is -0.237. The Morgan fingerprint density at radius 3 is 2.50 bits per heavy atom. The molecule has 0 spiro atoms. The minimum Gasteiger partial charge on any atom is -0.380 e. The molecule has 0 bridgehead atoms. The molecule has 2 rings (SSSR count). The average molecular weight is 396 g/mol. The van der Waals surface area contributed by atoms with E-state index in [0.29, 0.717) is 16.6 Å². The number of hydrogen-bond donors (Lipinski definition) is 1. The summed E-state index contributed by atoms with van der Waals surface area (Å²) in [5.41, 5.74) is 1.91. The topological polar surface area (TPSA) is 12.0 Å². The van der Waals surface area contributed by atoms with Crippen LogP contribution in [0.2, 0.25) is 10.0 Å². The van der Waals surface area contributed by atoms with Crippen molar-refractivity contribution in [2.45, 2.75) is 6.54 Å². The van der Waals surface area contributed by atoms with Crippen molar-refractivity contribution >= 4 is 51.5 Å². The quantitative estimate of drug-likeness (QED) is 0.690. The normalized spacial score (nSPS) is 10.4. The van der Waals surface area contributed by atoms with Crippen molar-refractivity contribution in [3.8, 4) is 0 Å². The van der Waals surface area contributed by atoms with Crippen LogP contribution in [0.4, 0.5) is 10.1 Å². The molecule has 0 amide bonds. The SMILES string of the molecule is Fc1ccc(NCc2ccc(Cl)c(Cl)c2)c(I)c1. The summed E-state index contributed by atoms with van der Waals surface area (Å²) in [5, 5.41) is 4.30. The molecule has 18 heavy (non-hydrogen) atoms. The van der Waals surface area contributed by atoms with Crippen LogP contribution >= 0.6 is 45.8 Å². The van der Waals surface area contributed by atoms with Crippen LogP contribution in [0.1, 0.15) is 5.56 Å². The molecule has 0 saturated heterocycles. The number of nitrogens with one attached hydrogen (secondary N) is 1. The molecule has 0 aliphatic carbocycles. The first kappa shape index (κ1) is 13.9. The van der Waals surface area contributed by atoms with Crippen LogP contribution in [0.25, 0.3) is 0 Å². The zero-order chi connectivity index (χ0) is 13.1. The largest absolute Gasteiger partial charge is 0.380 e. The zero-order valence-electron chi connectivity index (χ0n) is 9.18. The van der Waals surface area contributed by atoms with Crippen LogP contribution in [-0.4, -0.2) is 0 Å². The van der Waals surface area contributed by atoms with E-state index >= 15 is 0 Å². The van der Waals surface area contributed by atoms with Crippen molar-refractivity contribution in [1.82, 2.24) is 0 Å². The van der Waals surface area contributed by atoms with Gasteiger partial charge in [-0.2, -0.15) is 0 Å². The van der Waals surface area contributed by atoms with Crippen LogP contribution < -0.4 is 5.32 Å². The summed E-state index contributed by atoms with van der Waals surface area (Å²) in [7, 11) is 0. The Balaban J connectivity index is 2.09. The fourth-order valence-electron chi connectivity index (χ4n) is 1.48. The lowest BCUT2D eigenvalue weighted by Crippen LogP contribution is -2.01. The molecule has 0 aliphatic heterocycles. The van der Waals surface area contributed by atoms with E-state index in [2.05, 4.69) is 27.9 Å². The number of benzene rings is 2. The summed E-state index contributed by atoms with van der Waals surface area (Å²) in [6, 6.07) is 10.1. The summed E-state index contributed by atoms with van der Waals surface area (Å²) in [6.07, 6.45) is 0. The maximum atomic E-state index is 12.9. The summed E-state index contributed by atoms with van der Waals surface area (Å²) >= 11 is 13.9. The molecule has 2 aromatic rings. The van der Waals surface area contributed by atoms with E-state index in [0.717, 1.165) is 14.8 Å². The predicted octanol–water partition coefficient (Wildman–Crippen LogP) is 5.35. The first-order valence-electron chi connectivity index (χ1n) is 5.19. The van der Waals surface area contributed by atoms with Crippen LogP contribution in [0, 0.1) is 9.39 Å². The van der Waals surface area contributed by atoms with E-state index in [1.165, 1.54) is 12.1 Å². The lowest BCUT2D eigenvalue weighted by Gasteiger charge is -2.09. The van der Waals surface area contributed by atoms with Crippen molar-refractivity contribution in [2.24, 2.45) is 0 Å². The van der Waals surface area contributed by atoms with Crippen molar-refractivity contribution in [3.63, 3.8) is 0 Å². The van der Waals surface area contributed by atoms with E-state index in [4.69, 9.17) is 23.2 Å². The molecule has 1 nitrogen and oxygen atoms in total. The molecule has 0 saturated carbocycles. The van der Waals surface area contributed by atoms with Crippen LogP contribution in [0.5, 0.6) is 0 Å². The minimum absolute atomic E-state index is 0.237. The third-order valence-electron chi connectivity index (χ3n) is 2.40. The molecule has 0 unspecified atom stereocenters. The van der Waals surface area contributed by atoms with Crippen molar-refractivity contribution in [3.05, 3.63) is 61.4 Å². The lowest BCUT2D eigenvalue weighted by molar-refractivity contribution is 0.627. The lowest BCUT2D eigenvalue weighted by atomic mass is 10.2. The second-order valence-corrected chi connectivity index (χ2v) is 5.70. The van der Waals surface area contributed by atoms with Crippen LogP contribution in [-0.2, 0) is 6.54 Å². The second-order valence-electron chi connectivity index (χ2n) is 3.73. The average Bonchev–Trinajstić information content (AvgIpc) is 2.32. The van der Waals surface area contributed by atoms with Gasteiger partial charge < -0.3 is 5.32 Å². The summed E-state index contributed by atoms with van der Waals surface area (Å²) in [6.45, 7) is 0.610. The molecule has 94 valence electrons. The molecular formula is C13H9Cl2FIN. The highest BCUT2D eigenvalue weighted by Gasteiger charge is 2.03. The van der Waals surface area contributed by atoms with Gasteiger partial charge in [0, 0.05) is 15.8 Å². The molecule has 0 heterocycles. The zero-order valence-corrected chi connectivity index (χ0v) is 12.9. The maximum absolute atomic E-state index is 12.9. The van der Waals surface area contributed by atoms with Gasteiger partial charge in [-0.1, -0.05) is 29.3 Å². The van der Waals surface area contributed by atoms with E-state index in [1.807, 2.05) is 12.1 Å². The number of hydrogen-bond acceptors (Lipinski definition) is 1. The van der Waals surface area contributed by atoms with Gasteiger partial charge in [-0.05, 0) is 58.5 Å². The predicted molar refractivity (Wildman–Crippen MR) is 82.9 cm³/mol. The summed E-state index contributed by atoms with van der Waals surface area (Å²) in [4.78, 5) is 0. The van der Waals surface area contributed by atoms with Gasteiger partial charge in [-0.3, -0.25) is 0 Å². The Morgan fingerprint density at radius 1 is 1.06 bits per heavy atom. The third-order valence-corrected chi connectivity index (χ3v) is 4.03. The van der Waals surface area contributed by atoms with Gasteiger partial charge in [-0.15, -0.1) is 0 Å². The molecule has 5 heteroatoms. The fourth-order valence-corrected chi connectivity index (χ4v) is 2.47. The maximum Gasteiger partial charge on any atom is 0.124 e. The Morgan fingerprint density at radius 2 is 1.83 bits per heavy atom. The Bertz CT molecular complexity index is 575. The van der Waals surface area contributed by atoms with Crippen molar-refractivity contribution in [1.29, 1.82) is 0 Å². The van der Waals surface area contributed by atoms with Crippen LogP contribution in [0.15, 0.2) is 36.4 Å². The molecule has 0 atom stereocenters. The smallest absolute Gasteiger partial charge is 0.124 e. The first-order valence-corrected chi connectivity index (χ1v) is 7.02. The highest BCUT2D eigenvalue weighted by molar-refractivity contribution is 14.1. The van der Waals surface area contributed by atoms with E-state index in [9.17, 15) is 4.39 Å². The molecule has 0 aliphatic rings. The van der Waals surface area contributed by atoms with E-state index in [1.54, 1.807) is 12.1 Å². The van der Waals surface area contributed by atoms with Gasteiger partial charge in [0.25, 0.3) is 0 Å². The Hall–Kier alpha value is -0.520. The monoisotopic (exact) mass is 395 g/mol. The summed E-state index contributed by atoms with van der Waals surface area (Å²) in [5.74, 6) is -0.237. The van der Waals surface area contributed by atoms with Crippen molar-refractivity contribution < 1.29 is 4.39 Å². The van der Waals surface area contributed by atoms with Gasteiger partial charge in [0.1, 0.15) is 5.82 Å². The van der Waals surface area contributed by atoms with Gasteiger partial charge in [0.05, 0.1) is 10.0 Å². The number of halogens is 4. The third kappa shape index (κ3) is 3.49. The molecule has 1 N–H and O–H groups in total. The van der Waals surface area contributed by atoms with Crippen molar-refractivity contribution in [2.75, 3.05) is 5.32 Å². The van der Waals surface area contributed by atoms with E-state index in [-0.39, 0.29) is 5.82 Å². The molecule has 0 aromatic heterocycles. The van der Waals surface area contributed by atoms with Gasteiger partial charge in [0.15, 0.2) is 0 Å². The van der Waals surface area contributed by atoms with Crippen LogP contribution in [0.3, 0.4) is 0 Å². The highest BCUT2D eigenvalue weighted by Crippen LogP contribution is 2.24. The number of rotatable bonds is 3. The second kappa shape index (κ2) is 6.08. The molecular weight excluding hydrogens is 387 g/mol. The van der Waals surface area contributed by atoms with E-state index < -0.39 is 0 Å². The van der Waals surface area contributed by atoms with Gasteiger partial charge in [-0.25, -0.2) is 4.39 Å². The fraction of sp³-hybridized carbons (Fsp3) is 0.0769. The Labute approximate surface area is 128 Å². The number of anilines is 1. The standard InChI is InChI=1S/C13H9Cl2FIN/c14-10-3-1-8(5-11(10)15)7-18-13-4-2-9(16)6-12(13)17/h1-6,18H,7H2. The van der Waals surface area contributed by atoms with Gasteiger partial charge in [0.2, 0.25) is 0 Å². The summed E-state index contributed by atoms with van der Waals surface area (Å²) < 4.78 is 13.8. The molecule has 0 radical (unpaired) electrons. The molecule has 2 aromatic carbocycles. The molecule has 0 fully saturated rings. The van der Waals surface area contributed by atoms with Gasteiger partial charge >= 0.3 is 0 Å². The highest BCUT2D eigenvalue weighted by atomic mass is 127. The Kier molecular flexibility index (Phi) is 4.70. The first-order chi connectivity index (χ1) is 8.56.